The Morgan fingerprint density at radius 1 is 0.655 bits per heavy atom. The summed E-state index contributed by atoms with van der Waals surface area (Å²) in [5.41, 5.74) is 10.6. The number of amides is 5. The number of urea groups is 1. The van der Waals surface area contributed by atoms with Crippen LogP contribution in [0.25, 0.3) is 0 Å². The number of hydrogen-bond acceptors (Lipinski definition) is 13. The van der Waals surface area contributed by atoms with Crippen LogP contribution in [0.2, 0.25) is 0 Å². The van der Waals surface area contributed by atoms with Crippen LogP contribution < -0.4 is 26.4 Å². The summed E-state index contributed by atoms with van der Waals surface area (Å²) in [5.74, 6) is 2.23. The minimum atomic E-state index is -0.527. The minimum Gasteiger partial charge on any atom is -0.410 e. The SMILES string of the molecule is C1CCOC1.CC(=O)N(C)[C@@H]1CC[C@@H](N)[C@H](CN2CCC[C@@H](Cc3ccc(F)cc3)C2)C1.CC(=O)N(C)[C@@H]1CC[C@@H](NC(=O)Nc2nc(C)cs2)[C@H](CN2CCC[C@@H](Cc3ccc(F)cc3)C2)C1.Cc1csc(NC(=O)Oc2ccccc2)n1. The van der Waals surface area contributed by atoms with E-state index in [-0.39, 0.29) is 53.5 Å². The van der Waals surface area contributed by atoms with Gasteiger partial charge in [0.25, 0.3) is 0 Å². The molecule has 20 heteroatoms. The van der Waals surface area contributed by atoms with Gasteiger partial charge in [0, 0.05) is 102 Å². The molecule has 2 saturated carbocycles. The summed E-state index contributed by atoms with van der Waals surface area (Å²) < 4.78 is 36.4. The van der Waals surface area contributed by atoms with Gasteiger partial charge in [0.2, 0.25) is 11.8 Å². The van der Waals surface area contributed by atoms with Crippen molar-refractivity contribution in [2.75, 3.05) is 77.2 Å². The van der Waals surface area contributed by atoms with Crippen molar-refractivity contribution in [3.05, 3.63) is 124 Å². The van der Waals surface area contributed by atoms with Crippen molar-refractivity contribution < 1.29 is 37.4 Å². The number of anilines is 2. The first-order valence-corrected chi connectivity index (χ1v) is 31.9. The molecule has 5 fully saturated rings. The van der Waals surface area contributed by atoms with Gasteiger partial charge in [-0.1, -0.05) is 42.5 Å². The number of halogens is 2. The number of ether oxygens (including phenoxy) is 2. The number of likely N-dealkylation sites (tertiary alicyclic amines) is 2. The molecule has 0 spiro atoms. The molecule has 8 atom stereocenters. The molecular weight excluding hydrogens is 1110 g/mol. The van der Waals surface area contributed by atoms with Crippen LogP contribution in [0.4, 0.5) is 28.6 Å². The van der Waals surface area contributed by atoms with Crippen LogP contribution in [-0.4, -0.2) is 144 Å². The fourth-order valence-corrected chi connectivity index (χ4v) is 13.6. The second-order valence-electron chi connectivity index (χ2n) is 23.5. The number of hydrogen-bond donors (Lipinski definition) is 4. The number of benzene rings is 3. The molecule has 3 aliphatic heterocycles. The van der Waals surface area contributed by atoms with E-state index in [2.05, 4.69) is 35.7 Å². The van der Waals surface area contributed by atoms with Gasteiger partial charge in [-0.3, -0.25) is 20.2 Å². The second kappa shape index (κ2) is 33.7. The average Bonchev–Trinajstić information content (AvgIpc) is 4.38. The van der Waals surface area contributed by atoms with E-state index >= 15 is 0 Å². The van der Waals surface area contributed by atoms with E-state index in [0.717, 1.165) is 122 Å². The Morgan fingerprint density at radius 2 is 1.14 bits per heavy atom. The number of piperidine rings is 2. The van der Waals surface area contributed by atoms with Gasteiger partial charge < -0.3 is 40.1 Å². The monoisotopic (exact) mass is 1200 g/mol. The molecule has 84 heavy (non-hydrogen) atoms. The van der Waals surface area contributed by atoms with Gasteiger partial charge in [-0.15, -0.1) is 22.7 Å². The standard InChI is InChI=1S/C27H38FN5O2S.C22H34FN3O.C11H10N2O2S.C4H8O/c1-18-17-36-27(29-18)31-26(35)30-25-11-10-24(32(3)19(2)34)14-22(25)16-33-12-4-5-21(15-33)13-20-6-8-23(28)9-7-20;1-16(27)25(2)21-9-10-22(24)19(13-21)15-26-11-3-4-18(14-26)12-17-5-7-20(23)8-6-17;1-8-7-16-10(12-8)13-11(14)15-9-5-3-2-4-6-9;1-2-4-5-3-1/h6-9,17,21-22,24-25H,4-5,10-16H2,1-3H3,(H2,29,30,31,35);5-8,18-19,21-22H,3-4,9-15,24H2,1-2H3;2-7H,1H3,(H,12,13,14);1-4H2/t21-,22-,24+,25+;18-,19-,21+,22+;;/m00../s1. The van der Waals surface area contributed by atoms with E-state index in [0.29, 0.717) is 39.8 Å². The molecule has 5 heterocycles. The van der Waals surface area contributed by atoms with Crippen LogP contribution in [-0.2, 0) is 27.2 Å². The lowest BCUT2D eigenvalue weighted by atomic mass is 9.80. The van der Waals surface area contributed by atoms with Crippen molar-refractivity contribution >= 4 is 56.9 Å². The smallest absolute Gasteiger partial charge is 0.410 e. The predicted molar refractivity (Wildman–Crippen MR) is 331 cm³/mol. The largest absolute Gasteiger partial charge is 0.418 e. The molecule has 0 bridgehead atoms. The Morgan fingerprint density at radius 3 is 1.62 bits per heavy atom. The molecule has 2 aliphatic carbocycles. The summed E-state index contributed by atoms with van der Waals surface area (Å²) in [6.45, 7) is 15.2. The van der Waals surface area contributed by atoms with Gasteiger partial charge in [-0.05, 0) is 188 Å². The Bertz CT molecular complexity index is 2780. The third-order valence-corrected chi connectivity index (χ3v) is 18.6. The van der Waals surface area contributed by atoms with Gasteiger partial charge in [-0.2, -0.15) is 0 Å². The number of para-hydroxylation sites is 1. The summed E-state index contributed by atoms with van der Waals surface area (Å²) in [7, 11) is 3.80. The van der Waals surface area contributed by atoms with Crippen LogP contribution in [0.5, 0.6) is 5.75 Å². The van der Waals surface area contributed by atoms with Gasteiger partial charge in [0.1, 0.15) is 17.4 Å². The van der Waals surface area contributed by atoms with Crippen molar-refractivity contribution in [1.82, 2.24) is 34.9 Å². The lowest BCUT2D eigenvalue weighted by Gasteiger charge is -2.43. The Labute approximate surface area is 504 Å². The maximum atomic E-state index is 13.3. The summed E-state index contributed by atoms with van der Waals surface area (Å²) in [4.78, 5) is 65.2. The summed E-state index contributed by atoms with van der Waals surface area (Å²) in [6, 6.07) is 23.3. The number of nitrogens with zero attached hydrogens (tertiary/aromatic N) is 6. The van der Waals surface area contributed by atoms with Crippen LogP contribution in [0.15, 0.2) is 89.6 Å². The maximum Gasteiger partial charge on any atom is 0.418 e. The topological polar surface area (TPSA) is 188 Å². The molecule has 458 valence electrons. The number of aryl methyl sites for hydroxylation is 2. The molecule has 5 aromatic rings. The summed E-state index contributed by atoms with van der Waals surface area (Å²) in [5, 5.41) is 13.6. The molecule has 2 aromatic heterocycles. The molecule has 0 radical (unpaired) electrons. The molecule has 5 N–H and O–H groups in total. The zero-order chi connectivity index (χ0) is 60.0. The quantitative estimate of drug-likeness (QED) is 0.0828. The first-order chi connectivity index (χ1) is 40.4. The maximum absolute atomic E-state index is 13.3. The summed E-state index contributed by atoms with van der Waals surface area (Å²) in [6.07, 6.45) is 14.4. The third-order valence-electron chi connectivity index (χ3n) is 16.9. The number of nitrogens with two attached hydrogens (primary N) is 1. The molecule has 5 aliphatic rings. The average molecular weight is 1200 g/mol. The molecule has 3 aromatic carbocycles. The highest BCUT2D eigenvalue weighted by Gasteiger charge is 2.37. The number of nitrogens with one attached hydrogen (secondary N) is 3. The molecule has 3 saturated heterocycles. The van der Waals surface area contributed by atoms with Gasteiger partial charge in [0.15, 0.2) is 10.3 Å². The van der Waals surface area contributed by atoms with Crippen LogP contribution in [0.3, 0.4) is 0 Å². The first kappa shape index (κ1) is 65.6. The third kappa shape index (κ3) is 22.2. The van der Waals surface area contributed by atoms with Crippen LogP contribution in [0, 0.1) is 49.2 Å². The van der Waals surface area contributed by atoms with E-state index in [1.54, 1.807) is 50.2 Å². The zero-order valence-electron chi connectivity index (χ0n) is 50.1. The first-order valence-electron chi connectivity index (χ1n) is 30.1. The highest BCUT2D eigenvalue weighted by atomic mass is 32.1. The second-order valence-corrected chi connectivity index (χ2v) is 25.2. The zero-order valence-corrected chi connectivity index (χ0v) is 51.8. The van der Waals surface area contributed by atoms with E-state index in [4.69, 9.17) is 15.2 Å². The molecule has 5 amide bonds. The number of rotatable bonds is 14. The van der Waals surface area contributed by atoms with E-state index in [1.807, 2.05) is 78.8 Å². The number of thiazole rings is 2. The van der Waals surface area contributed by atoms with Crippen molar-refractivity contribution in [2.45, 2.75) is 142 Å². The van der Waals surface area contributed by atoms with Crippen molar-refractivity contribution in [3.8, 4) is 5.75 Å². The van der Waals surface area contributed by atoms with E-state index < -0.39 is 6.09 Å². The van der Waals surface area contributed by atoms with Crippen molar-refractivity contribution in [3.63, 3.8) is 0 Å². The van der Waals surface area contributed by atoms with Crippen molar-refractivity contribution in [2.24, 2.45) is 29.4 Å². The lowest BCUT2D eigenvalue weighted by molar-refractivity contribution is -0.131. The van der Waals surface area contributed by atoms with E-state index in [9.17, 15) is 28.0 Å². The Hall–Kier alpha value is -5.90. The Kier molecular flexibility index (Phi) is 26.3. The highest BCUT2D eigenvalue weighted by Crippen LogP contribution is 2.33. The lowest BCUT2D eigenvalue weighted by Crippen LogP contribution is -2.53. The number of aromatic nitrogens is 2. The predicted octanol–water partition coefficient (Wildman–Crippen LogP) is 11.6. The molecular formula is C64H90F2N10O6S2. The summed E-state index contributed by atoms with van der Waals surface area (Å²) >= 11 is 2.79. The fourth-order valence-electron chi connectivity index (χ4n) is 12.2. The van der Waals surface area contributed by atoms with Crippen molar-refractivity contribution in [1.29, 1.82) is 0 Å². The molecule has 16 nitrogen and oxygen atoms in total. The molecule has 0 unspecified atom stereocenters. The van der Waals surface area contributed by atoms with E-state index in [1.165, 1.54) is 78.0 Å². The number of carbonyl (C=O) groups excluding carboxylic acids is 4. The minimum absolute atomic E-state index is 0.0418. The molecule has 10 rings (SSSR count). The van der Waals surface area contributed by atoms with Crippen LogP contribution >= 0.6 is 22.7 Å². The van der Waals surface area contributed by atoms with Gasteiger partial charge in [-0.25, -0.2) is 28.3 Å². The normalized spacial score (nSPS) is 23.4. The number of carbonyl (C=O) groups is 4. The van der Waals surface area contributed by atoms with Gasteiger partial charge in [0.05, 0.1) is 11.4 Å². The fraction of sp³-hybridized carbons (Fsp3) is 0.562. The Balaban J connectivity index is 0.000000184. The van der Waals surface area contributed by atoms with Gasteiger partial charge >= 0.3 is 12.1 Å². The highest BCUT2D eigenvalue weighted by molar-refractivity contribution is 7.14. The van der Waals surface area contributed by atoms with Crippen LogP contribution in [0.1, 0.15) is 113 Å².